The van der Waals surface area contributed by atoms with Gasteiger partial charge in [0.1, 0.15) is 0 Å². The number of aromatic nitrogens is 1. The monoisotopic (exact) mass is 362 g/mol. The topological polar surface area (TPSA) is 64.9 Å². The Morgan fingerprint density at radius 3 is 2.47 bits per heavy atom. The van der Waals surface area contributed by atoms with Crippen LogP contribution in [0.5, 0.6) is 0 Å². The average molecular weight is 362 g/mol. The minimum absolute atomic E-state index is 0.279. The van der Waals surface area contributed by atoms with Crippen molar-refractivity contribution in [1.82, 2.24) is 4.98 Å². The van der Waals surface area contributed by atoms with Crippen LogP contribution in [0, 0.1) is 7.14 Å². The maximum absolute atomic E-state index is 6.02. The average Bonchev–Trinajstić information content (AvgIpc) is 2.42. The van der Waals surface area contributed by atoms with Crippen LogP contribution in [0.1, 0.15) is 0 Å². The number of nitrogens with zero attached hydrogens (tertiary/aromatic N) is 1. The summed E-state index contributed by atoms with van der Waals surface area (Å²) < 4.78 is 2.62. The summed E-state index contributed by atoms with van der Waals surface area (Å²) >= 11 is -0.279. The third kappa shape index (κ3) is 2.49. The van der Waals surface area contributed by atoms with E-state index in [0.717, 1.165) is 11.1 Å². The number of fused-ring (bicyclic) bond motifs is 1. The van der Waals surface area contributed by atoms with Gasteiger partial charge < -0.3 is 0 Å². The minimum atomic E-state index is -0.279. The molecule has 0 bridgehead atoms. The van der Waals surface area contributed by atoms with Crippen LogP contribution in [0.15, 0.2) is 54.7 Å². The number of benzene rings is 2. The number of nitrogen functional groups attached to an aromatic ring is 2. The van der Waals surface area contributed by atoms with Gasteiger partial charge in [0.15, 0.2) is 0 Å². The molecule has 3 aromatic rings. The number of hydrogen-bond donors (Lipinski definition) is 2. The van der Waals surface area contributed by atoms with Crippen molar-refractivity contribution in [2.45, 2.75) is 0 Å². The Labute approximate surface area is 121 Å². The standard InChI is InChI=1S/C15H13IN3/c17-14-6-5-13(11-3-1-2-4-12(11)14)16-10-7-8-19-15(18)9-10/h1-9H,17H2,(H2,18,19)/q-1. The molecule has 0 amide bonds. The SMILES string of the molecule is Nc1cc([I-]c2ccc(N)c3ccccc23)ccn1. The fourth-order valence-corrected chi connectivity index (χ4v) is 4.57. The Kier molecular flexibility index (Phi) is 3.25. The summed E-state index contributed by atoms with van der Waals surface area (Å²) in [6, 6.07) is 16.4. The first kappa shape index (κ1) is 12.2. The predicted molar refractivity (Wildman–Crippen MR) is 74.4 cm³/mol. The summed E-state index contributed by atoms with van der Waals surface area (Å²) in [4.78, 5) is 4.03. The van der Waals surface area contributed by atoms with E-state index in [1.54, 1.807) is 6.20 Å². The van der Waals surface area contributed by atoms with Crippen LogP contribution in [-0.2, 0) is 0 Å². The van der Waals surface area contributed by atoms with E-state index in [-0.39, 0.29) is 21.2 Å². The molecule has 0 saturated heterocycles. The zero-order valence-electron chi connectivity index (χ0n) is 10.2. The first-order valence-electron chi connectivity index (χ1n) is 5.87. The Morgan fingerprint density at radius 1 is 0.895 bits per heavy atom. The number of anilines is 2. The number of pyridine rings is 1. The van der Waals surface area contributed by atoms with Gasteiger partial charge in [0.05, 0.1) is 0 Å². The second-order valence-corrected chi connectivity index (χ2v) is 7.12. The van der Waals surface area contributed by atoms with Crippen LogP contribution in [0.2, 0.25) is 0 Å². The van der Waals surface area contributed by atoms with E-state index in [4.69, 9.17) is 11.5 Å². The van der Waals surface area contributed by atoms with Gasteiger partial charge in [0.25, 0.3) is 0 Å². The molecule has 4 N–H and O–H groups in total. The van der Waals surface area contributed by atoms with Crippen molar-refractivity contribution < 1.29 is 21.2 Å². The van der Waals surface area contributed by atoms with Gasteiger partial charge in [0, 0.05) is 0 Å². The van der Waals surface area contributed by atoms with Crippen molar-refractivity contribution in [3.63, 3.8) is 0 Å². The molecule has 19 heavy (non-hydrogen) atoms. The first-order chi connectivity index (χ1) is 9.24. The van der Waals surface area contributed by atoms with Crippen LogP contribution in [0.4, 0.5) is 11.5 Å². The molecule has 96 valence electrons. The van der Waals surface area contributed by atoms with E-state index < -0.39 is 0 Å². The fraction of sp³-hybridized carbons (Fsp3) is 0. The van der Waals surface area contributed by atoms with Crippen LogP contribution < -0.4 is 32.7 Å². The normalized spacial score (nSPS) is 10.9. The molecule has 0 aliphatic heterocycles. The van der Waals surface area contributed by atoms with Crippen molar-refractivity contribution in [3.05, 3.63) is 61.9 Å². The zero-order chi connectivity index (χ0) is 13.2. The van der Waals surface area contributed by atoms with E-state index in [1.165, 1.54) is 12.5 Å². The summed E-state index contributed by atoms with van der Waals surface area (Å²) in [7, 11) is 0. The van der Waals surface area contributed by atoms with Crippen molar-refractivity contribution >= 4 is 22.3 Å². The number of nitrogens with two attached hydrogens (primary N) is 2. The molecule has 4 heteroatoms. The second kappa shape index (κ2) is 5.05. The molecule has 1 heterocycles. The third-order valence-corrected chi connectivity index (χ3v) is 5.67. The van der Waals surface area contributed by atoms with Crippen LogP contribution in [0.3, 0.4) is 0 Å². The van der Waals surface area contributed by atoms with Gasteiger partial charge >= 0.3 is 122 Å². The van der Waals surface area contributed by atoms with Crippen molar-refractivity contribution in [2.24, 2.45) is 0 Å². The van der Waals surface area contributed by atoms with Gasteiger partial charge in [-0.1, -0.05) is 0 Å². The number of halogens is 1. The van der Waals surface area contributed by atoms with Crippen molar-refractivity contribution in [2.75, 3.05) is 11.5 Å². The molecule has 0 fully saturated rings. The van der Waals surface area contributed by atoms with E-state index in [2.05, 4.69) is 29.2 Å². The van der Waals surface area contributed by atoms with E-state index >= 15 is 0 Å². The quantitative estimate of drug-likeness (QED) is 0.479. The molecular weight excluding hydrogens is 349 g/mol. The summed E-state index contributed by atoms with van der Waals surface area (Å²) in [5.74, 6) is 0.581. The van der Waals surface area contributed by atoms with Gasteiger partial charge in [-0.3, -0.25) is 0 Å². The van der Waals surface area contributed by atoms with Crippen molar-refractivity contribution in [3.8, 4) is 0 Å². The fourth-order valence-electron chi connectivity index (χ4n) is 1.97. The van der Waals surface area contributed by atoms with E-state index in [0.29, 0.717) is 5.82 Å². The van der Waals surface area contributed by atoms with Gasteiger partial charge in [-0.15, -0.1) is 0 Å². The predicted octanol–water partition coefficient (Wildman–Crippen LogP) is -0.472. The Bertz CT molecular complexity index is 740. The van der Waals surface area contributed by atoms with Crippen LogP contribution >= 0.6 is 0 Å². The molecule has 0 unspecified atom stereocenters. The van der Waals surface area contributed by atoms with Gasteiger partial charge in [-0.05, 0) is 0 Å². The molecule has 0 aliphatic rings. The molecule has 1 aromatic heterocycles. The summed E-state index contributed by atoms with van der Waals surface area (Å²) in [5.41, 5.74) is 12.6. The Hall–Kier alpha value is -1.82. The third-order valence-electron chi connectivity index (χ3n) is 2.86. The van der Waals surface area contributed by atoms with Gasteiger partial charge in [0.2, 0.25) is 0 Å². The van der Waals surface area contributed by atoms with Gasteiger partial charge in [-0.25, -0.2) is 0 Å². The molecule has 0 atom stereocenters. The van der Waals surface area contributed by atoms with Crippen LogP contribution in [-0.4, -0.2) is 4.98 Å². The second-order valence-electron chi connectivity index (χ2n) is 4.18. The van der Waals surface area contributed by atoms with Crippen LogP contribution in [0.25, 0.3) is 10.8 Å². The first-order valence-corrected chi connectivity index (χ1v) is 8.03. The Balaban J connectivity index is 2.09. The van der Waals surface area contributed by atoms with Crippen molar-refractivity contribution in [1.29, 1.82) is 0 Å². The molecule has 2 aromatic carbocycles. The molecule has 3 nitrogen and oxygen atoms in total. The maximum atomic E-state index is 6.02. The Morgan fingerprint density at radius 2 is 1.68 bits per heavy atom. The van der Waals surface area contributed by atoms with Gasteiger partial charge in [-0.2, -0.15) is 0 Å². The molecular formula is C15H13IN3-. The van der Waals surface area contributed by atoms with E-state index in [1.807, 2.05) is 24.3 Å². The molecule has 0 radical (unpaired) electrons. The zero-order valence-corrected chi connectivity index (χ0v) is 12.3. The molecule has 0 saturated carbocycles. The van der Waals surface area contributed by atoms with E-state index in [9.17, 15) is 0 Å². The summed E-state index contributed by atoms with van der Waals surface area (Å²) in [5, 5.41) is 2.37. The molecule has 0 spiro atoms. The number of hydrogen-bond acceptors (Lipinski definition) is 3. The molecule has 0 aliphatic carbocycles. The summed E-state index contributed by atoms with van der Waals surface area (Å²) in [6.45, 7) is 0. The molecule has 3 rings (SSSR count). The summed E-state index contributed by atoms with van der Waals surface area (Å²) in [6.07, 6.45) is 1.77. The number of rotatable bonds is 2.